The van der Waals surface area contributed by atoms with Crippen LogP contribution in [0.4, 0.5) is 0 Å². The number of carbonyl (C=O) groups excluding carboxylic acids is 1. The van der Waals surface area contributed by atoms with Gasteiger partial charge in [-0.2, -0.15) is 0 Å². The van der Waals surface area contributed by atoms with E-state index < -0.39 is 0 Å². The topological polar surface area (TPSA) is 42.0 Å². The Bertz CT molecular complexity index is 620. The van der Waals surface area contributed by atoms with Gasteiger partial charge in [-0.25, -0.2) is 0 Å². The minimum Gasteiger partial charge on any atom is -0.345 e. The zero-order valence-corrected chi connectivity index (χ0v) is 13.1. The number of hydrogen-bond acceptors (Lipinski definition) is 2. The number of nitrogens with zero attached hydrogens (tertiary/aromatic N) is 1. The van der Waals surface area contributed by atoms with E-state index in [0.717, 1.165) is 11.1 Å². The number of benzene rings is 1. The summed E-state index contributed by atoms with van der Waals surface area (Å²) in [5, 5.41) is 3.12. The number of hydrogen-bond donors (Lipinski definition) is 1. The van der Waals surface area contributed by atoms with Crippen LogP contribution in [0.25, 0.3) is 0 Å². The fourth-order valence-electron chi connectivity index (χ4n) is 2.16. The van der Waals surface area contributed by atoms with E-state index in [1.807, 2.05) is 26.0 Å². The lowest BCUT2D eigenvalue weighted by atomic mass is 9.96. The first-order chi connectivity index (χ1) is 9.99. The average molecular weight is 282 g/mol. The maximum atomic E-state index is 12.1. The van der Waals surface area contributed by atoms with Gasteiger partial charge in [-0.15, -0.1) is 0 Å². The second-order valence-electron chi connectivity index (χ2n) is 5.73. The molecule has 0 aliphatic heterocycles. The molecule has 1 atom stereocenters. The monoisotopic (exact) mass is 282 g/mol. The third-order valence-corrected chi connectivity index (χ3v) is 3.69. The van der Waals surface area contributed by atoms with Gasteiger partial charge in [-0.05, 0) is 42.2 Å². The highest BCUT2D eigenvalue weighted by Crippen LogP contribution is 2.24. The maximum Gasteiger partial charge on any atom is 0.223 e. The van der Waals surface area contributed by atoms with Gasteiger partial charge >= 0.3 is 0 Å². The summed E-state index contributed by atoms with van der Waals surface area (Å²) in [5.74, 6) is -0.00204. The normalized spacial score (nSPS) is 12.2. The van der Waals surface area contributed by atoms with Gasteiger partial charge in [0.05, 0.1) is 6.04 Å². The first-order valence-corrected chi connectivity index (χ1v) is 7.26. The average Bonchev–Trinajstić information content (AvgIpc) is 2.48. The Morgan fingerprint density at radius 1 is 1.10 bits per heavy atom. The van der Waals surface area contributed by atoms with E-state index in [1.54, 1.807) is 12.4 Å². The second-order valence-corrected chi connectivity index (χ2v) is 5.73. The van der Waals surface area contributed by atoms with Gasteiger partial charge in [0.1, 0.15) is 0 Å². The molecule has 110 valence electrons. The molecule has 3 heteroatoms. The lowest BCUT2D eigenvalue weighted by molar-refractivity contribution is -0.124. The first kappa shape index (κ1) is 15.2. The van der Waals surface area contributed by atoms with Crippen LogP contribution in [-0.4, -0.2) is 10.9 Å². The Kier molecular flexibility index (Phi) is 4.73. The van der Waals surface area contributed by atoms with Crippen molar-refractivity contribution in [3.8, 4) is 0 Å². The van der Waals surface area contributed by atoms with Crippen molar-refractivity contribution in [1.82, 2.24) is 10.3 Å². The summed E-state index contributed by atoms with van der Waals surface area (Å²) in [6, 6.07) is 10.0. The molecular formula is C18H22N2O. The minimum atomic E-state index is -0.159. The van der Waals surface area contributed by atoms with Gasteiger partial charge in [0, 0.05) is 18.3 Å². The summed E-state index contributed by atoms with van der Waals surface area (Å²) in [6.07, 6.45) is 3.55. The SMILES string of the molecule is Cc1ccc([C@H](NC(=O)C(C)C)c2cccnc2)cc1C. The van der Waals surface area contributed by atoms with Crippen molar-refractivity contribution in [3.63, 3.8) is 0 Å². The van der Waals surface area contributed by atoms with E-state index in [2.05, 4.69) is 42.3 Å². The fraction of sp³-hybridized carbons (Fsp3) is 0.333. The summed E-state index contributed by atoms with van der Waals surface area (Å²) < 4.78 is 0. The first-order valence-electron chi connectivity index (χ1n) is 7.26. The molecule has 0 saturated carbocycles. The van der Waals surface area contributed by atoms with Crippen molar-refractivity contribution in [2.24, 2.45) is 5.92 Å². The largest absolute Gasteiger partial charge is 0.345 e. The predicted molar refractivity (Wildman–Crippen MR) is 85.0 cm³/mol. The van der Waals surface area contributed by atoms with E-state index in [9.17, 15) is 4.79 Å². The van der Waals surface area contributed by atoms with Crippen LogP contribution in [0.3, 0.4) is 0 Å². The van der Waals surface area contributed by atoms with Crippen LogP contribution in [0.5, 0.6) is 0 Å². The molecule has 0 saturated heterocycles. The second kappa shape index (κ2) is 6.53. The number of pyridine rings is 1. The Labute approximate surface area is 126 Å². The van der Waals surface area contributed by atoms with Crippen LogP contribution < -0.4 is 5.32 Å². The molecule has 2 rings (SSSR count). The molecule has 0 unspecified atom stereocenters. The third-order valence-electron chi connectivity index (χ3n) is 3.69. The van der Waals surface area contributed by atoms with Crippen molar-refractivity contribution in [3.05, 3.63) is 65.0 Å². The summed E-state index contributed by atoms with van der Waals surface area (Å²) in [6.45, 7) is 7.97. The van der Waals surface area contributed by atoms with Crippen LogP contribution >= 0.6 is 0 Å². The van der Waals surface area contributed by atoms with Crippen LogP contribution in [0, 0.1) is 19.8 Å². The maximum absolute atomic E-state index is 12.1. The molecule has 1 heterocycles. The van der Waals surface area contributed by atoms with Crippen LogP contribution in [0.15, 0.2) is 42.7 Å². The highest BCUT2D eigenvalue weighted by atomic mass is 16.1. The van der Waals surface area contributed by atoms with E-state index >= 15 is 0 Å². The van der Waals surface area contributed by atoms with Crippen molar-refractivity contribution >= 4 is 5.91 Å². The minimum absolute atomic E-state index is 0.0436. The van der Waals surface area contributed by atoms with Gasteiger partial charge in [-0.1, -0.05) is 38.1 Å². The molecule has 1 aromatic carbocycles. The zero-order chi connectivity index (χ0) is 15.4. The molecule has 3 nitrogen and oxygen atoms in total. The Morgan fingerprint density at radius 2 is 1.86 bits per heavy atom. The van der Waals surface area contributed by atoms with Crippen molar-refractivity contribution in [1.29, 1.82) is 0 Å². The van der Waals surface area contributed by atoms with Gasteiger partial charge < -0.3 is 5.32 Å². The van der Waals surface area contributed by atoms with Crippen molar-refractivity contribution in [2.75, 3.05) is 0 Å². The van der Waals surface area contributed by atoms with E-state index in [-0.39, 0.29) is 17.9 Å². The lowest BCUT2D eigenvalue weighted by Crippen LogP contribution is -2.32. The highest BCUT2D eigenvalue weighted by molar-refractivity contribution is 5.78. The number of aryl methyl sites for hydroxylation is 2. The molecule has 0 radical (unpaired) electrons. The molecule has 0 fully saturated rings. The smallest absolute Gasteiger partial charge is 0.223 e. The summed E-state index contributed by atoms with van der Waals surface area (Å²) in [5.41, 5.74) is 4.55. The highest BCUT2D eigenvalue weighted by Gasteiger charge is 2.19. The van der Waals surface area contributed by atoms with Crippen LogP contribution in [-0.2, 0) is 4.79 Å². The molecule has 0 spiro atoms. The number of amides is 1. The predicted octanol–water partition coefficient (Wildman–Crippen LogP) is 3.56. The van der Waals surface area contributed by atoms with Crippen molar-refractivity contribution in [2.45, 2.75) is 33.7 Å². The van der Waals surface area contributed by atoms with Gasteiger partial charge in [0.15, 0.2) is 0 Å². The summed E-state index contributed by atoms with van der Waals surface area (Å²) in [7, 11) is 0. The number of carbonyl (C=O) groups is 1. The Hall–Kier alpha value is -2.16. The van der Waals surface area contributed by atoms with E-state index in [0.29, 0.717) is 0 Å². The molecular weight excluding hydrogens is 260 g/mol. The third kappa shape index (κ3) is 3.69. The fourth-order valence-corrected chi connectivity index (χ4v) is 2.16. The molecule has 21 heavy (non-hydrogen) atoms. The molecule has 2 aromatic rings. The Morgan fingerprint density at radius 3 is 2.43 bits per heavy atom. The van der Waals surface area contributed by atoms with Gasteiger partial charge in [0.25, 0.3) is 0 Å². The molecule has 0 aliphatic rings. The quantitative estimate of drug-likeness (QED) is 0.931. The number of aromatic nitrogens is 1. The molecule has 1 aromatic heterocycles. The molecule has 0 bridgehead atoms. The zero-order valence-electron chi connectivity index (χ0n) is 13.1. The van der Waals surface area contributed by atoms with Gasteiger partial charge in [-0.3, -0.25) is 9.78 Å². The van der Waals surface area contributed by atoms with Crippen LogP contribution in [0.1, 0.15) is 42.1 Å². The lowest BCUT2D eigenvalue weighted by Gasteiger charge is -2.21. The Balaban J connectivity index is 2.40. The number of rotatable bonds is 4. The number of nitrogens with one attached hydrogen (secondary N) is 1. The summed E-state index contributed by atoms with van der Waals surface area (Å²) in [4.78, 5) is 16.3. The van der Waals surface area contributed by atoms with Crippen LogP contribution in [0.2, 0.25) is 0 Å². The van der Waals surface area contributed by atoms with E-state index in [1.165, 1.54) is 11.1 Å². The molecule has 0 aliphatic carbocycles. The van der Waals surface area contributed by atoms with Gasteiger partial charge in [0.2, 0.25) is 5.91 Å². The van der Waals surface area contributed by atoms with E-state index in [4.69, 9.17) is 0 Å². The standard InChI is InChI=1S/C18H22N2O/c1-12(2)18(21)20-17(16-6-5-9-19-11-16)15-8-7-13(3)14(4)10-15/h5-12,17H,1-4H3,(H,20,21)/t17-/m0/s1. The molecule has 1 N–H and O–H groups in total. The molecule has 1 amide bonds. The summed E-state index contributed by atoms with van der Waals surface area (Å²) >= 11 is 0. The van der Waals surface area contributed by atoms with Crippen molar-refractivity contribution < 1.29 is 4.79 Å².